The maximum Gasteiger partial charge on any atom is 0.206 e. The monoisotopic (exact) mass is 589 g/mol. The lowest BCUT2D eigenvalue weighted by Crippen LogP contribution is -2.18. The second-order valence-electron chi connectivity index (χ2n) is 10.5. The summed E-state index contributed by atoms with van der Waals surface area (Å²) in [6.07, 6.45) is 0. The number of halogens is 1. The molecule has 1 heterocycles. The van der Waals surface area contributed by atoms with Gasteiger partial charge in [-0.05, 0) is 87.5 Å². The smallest absolute Gasteiger partial charge is 0.206 e. The Morgan fingerprint density at radius 1 is 0.794 bits per heavy atom. The number of phenolic OH excluding ortho intramolecular Hbond substituents is 1. The van der Waals surface area contributed by atoms with E-state index in [1.165, 1.54) is 10.9 Å². The Bertz CT molecular complexity index is 1490. The number of nitrogens with zero attached hydrogens (tertiary/aromatic N) is 3. The standard InChI is InChI=1S/C26H28IN3O3S/c1-25(2,3)16-13-20(26(4,5)6)24(31)23(14-16)30-28-21-12-11-19(15-22(21)29-30)34(32,33)18-9-7-17(27)8-10-18/h7-15,31H,1-6H3. The van der Waals surface area contributed by atoms with Crippen LogP contribution in [0.25, 0.3) is 16.7 Å². The predicted octanol–water partition coefficient (Wildman–Crippen LogP) is 6.16. The van der Waals surface area contributed by atoms with Crippen LogP contribution in [0.15, 0.2) is 64.4 Å². The fourth-order valence-electron chi connectivity index (χ4n) is 3.70. The van der Waals surface area contributed by atoms with Gasteiger partial charge < -0.3 is 5.11 Å². The minimum atomic E-state index is -3.69. The van der Waals surface area contributed by atoms with Gasteiger partial charge in [-0.2, -0.15) is 0 Å². The first-order chi connectivity index (χ1) is 15.7. The fraction of sp³-hybridized carbons (Fsp3) is 0.308. The molecule has 178 valence electrons. The third-order valence-electron chi connectivity index (χ3n) is 5.77. The van der Waals surface area contributed by atoms with Crippen LogP contribution in [0.3, 0.4) is 0 Å². The van der Waals surface area contributed by atoms with Crippen molar-refractivity contribution in [2.45, 2.75) is 62.2 Å². The number of sulfone groups is 1. The molecule has 3 aromatic carbocycles. The molecule has 0 aliphatic carbocycles. The molecule has 0 saturated carbocycles. The molecule has 0 spiro atoms. The van der Waals surface area contributed by atoms with Crippen LogP contribution in [-0.4, -0.2) is 28.5 Å². The summed E-state index contributed by atoms with van der Waals surface area (Å²) in [6.45, 7) is 12.5. The maximum atomic E-state index is 13.1. The van der Waals surface area contributed by atoms with Crippen LogP contribution < -0.4 is 0 Å². The number of fused-ring (bicyclic) bond motifs is 1. The topological polar surface area (TPSA) is 85.1 Å². The summed E-state index contributed by atoms with van der Waals surface area (Å²) in [4.78, 5) is 1.77. The van der Waals surface area contributed by atoms with E-state index in [9.17, 15) is 13.5 Å². The first-order valence-corrected chi connectivity index (χ1v) is 13.5. The van der Waals surface area contributed by atoms with E-state index in [4.69, 9.17) is 0 Å². The summed E-state index contributed by atoms with van der Waals surface area (Å²) >= 11 is 2.14. The molecular formula is C26H28IN3O3S. The molecule has 1 N–H and O–H groups in total. The minimum absolute atomic E-state index is 0.118. The lowest BCUT2D eigenvalue weighted by molar-refractivity contribution is 0.438. The molecule has 6 nitrogen and oxygen atoms in total. The molecule has 0 amide bonds. The molecule has 0 aliphatic heterocycles. The Morgan fingerprint density at radius 3 is 1.97 bits per heavy atom. The van der Waals surface area contributed by atoms with Gasteiger partial charge in [0.15, 0.2) is 0 Å². The van der Waals surface area contributed by atoms with Gasteiger partial charge in [0.25, 0.3) is 0 Å². The molecule has 0 fully saturated rings. The molecule has 0 bridgehead atoms. The van der Waals surface area contributed by atoms with E-state index < -0.39 is 9.84 Å². The molecule has 0 radical (unpaired) electrons. The molecule has 0 unspecified atom stereocenters. The van der Waals surface area contributed by atoms with Crippen molar-refractivity contribution in [1.82, 2.24) is 15.0 Å². The van der Waals surface area contributed by atoms with Gasteiger partial charge in [0, 0.05) is 9.13 Å². The highest BCUT2D eigenvalue weighted by molar-refractivity contribution is 14.1. The Hall–Kier alpha value is -2.46. The van der Waals surface area contributed by atoms with Crippen LogP contribution in [0.2, 0.25) is 0 Å². The lowest BCUT2D eigenvalue weighted by atomic mass is 9.80. The normalized spacial score (nSPS) is 12.9. The van der Waals surface area contributed by atoms with Crippen LogP contribution in [0, 0.1) is 3.57 Å². The molecule has 34 heavy (non-hydrogen) atoms. The van der Waals surface area contributed by atoms with Crippen molar-refractivity contribution in [2.75, 3.05) is 0 Å². The third kappa shape index (κ3) is 4.57. The van der Waals surface area contributed by atoms with E-state index in [1.807, 2.05) is 32.9 Å². The largest absolute Gasteiger partial charge is 0.505 e. The summed E-state index contributed by atoms with van der Waals surface area (Å²) in [5.41, 5.74) is 2.86. The van der Waals surface area contributed by atoms with Gasteiger partial charge >= 0.3 is 0 Å². The van der Waals surface area contributed by atoms with E-state index in [0.717, 1.165) is 14.7 Å². The van der Waals surface area contributed by atoms with E-state index in [1.54, 1.807) is 36.4 Å². The summed E-state index contributed by atoms with van der Waals surface area (Å²) in [5.74, 6) is 0.118. The Balaban J connectivity index is 1.87. The second kappa shape index (κ2) is 8.34. The van der Waals surface area contributed by atoms with E-state index in [2.05, 4.69) is 53.6 Å². The van der Waals surface area contributed by atoms with Gasteiger partial charge in [-0.1, -0.05) is 47.6 Å². The molecule has 0 atom stereocenters. The van der Waals surface area contributed by atoms with Crippen molar-refractivity contribution >= 4 is 43.5 Å². The van der Waals surface area contributed by atoms with Crippen LogP contribution >= 0.6 is 22.6 Å². The van der Waals surface area contributed by atoms with Gasteiger partial charge in [-0.15, -0.1) is 15.0 Å². The number of aromatic nitrogens is 3. The average molecular weight is 589 g/mol. The van der Waals surface area contributed by atoms with Crippen LogP contribution in [0.1, 0.15) is 52.7 Å². The molecule has 4 aromatic rings. The van der Waals surface area contributed by atoms with Gasteiger partial charge in [0.2, 0.25) is 9.84 Å². The molecular weight excluding hydrogens is 561 g/mol. The summed E-state index contributed by atoms with van der Waals surface area (Å²) in [6, 6.07) is 15.4. The van der Waals surface area contributed by atoms with Crippen molar-refractivity contribution in [3.8, 4) is 11.4 Å². The minimum Gasteiger partial charge on any atom is -0.505 e. The Labute approximate surface area is 214 Å². The molecule has 4 rings (SSSR count). The quantitative estimate of drug-likeness (QED) is 0.290. The Kier molecular flexibility index (Phi) is 6.05. The van der Waals surface area contributed by atoms with Gasteiger partial charge in [-0.3, -0.25) is 0 Å². The van der Waals surface area contributed by atoms with Crippen LogP contribution in [0.5, 0.6) is 5.75 Å². The first kappa shape index (κ1) is 24.7. The maximum absolute atomic E-state index is 13.1. The number of aromatic hydroxyl groups is 1. The van der Waals surface area contributed by atoms with Crippen molar-refractivity contribution in [3.63, 3.8) is 0 Å². The summed E-state index contributed by atoms with van der Waals surface area (Å²) in [7, 11) is -3.69. The average Bonchev–Trinajstić information content (AvgIpc) is 3.15. The fourth-order valence-corrected chi connectivity index (χ4v) is 5.34. The zero-order valence-corrected chi connectivity index (χ0v) is 23.1. The van der Waals surface area contributed by atoms with Crippen molar-refractivity contribution in [3.05, 3.63) is 69.3 Å². The van der Waals surface area contributed by atoms with Crippen molar-refractivity contribution in [1.29, 1.82) is 0 Å². The van der Waals surface area contributed by atoms with Gasteiger partial charge in [0.1, 0.15) is 22.5 Å². The highest BCUT2D eigenvalue weighted by atomic mass is 127. The van der Waals surface area contributed by atoms with Crippen LogP contribution in [-0.2, 0) is 20.7 Å². The third-order valence-corrected chi connectivity index (χ3v) is 8.25. The molecule has 0 saturated heterocycles. The number of benzene rings is 3. The highest BCUT2D eigenvalue weighted by Gasteiger charge is 2.27. The Morgan fingerprint density at radius 2 is 1.38 bits per heavy atom. The summed E-state index contributed by atoms with van der Waals surface area (Å²) < 4.78 is 27.2. The molecule has 8 heteroatoms. The SMILES string of the molecule is CC(C)(C)c1cc(-n2nc3ccc(S(=O)(=O)c4ccc(I)cc4)cc3n2)c(O)c(C(C)(C)C)c1. The zero-order valence-electron chi connectivity index (χ0n) is 20.1. The van der Waals surface area contributed by atoms with E-state index >= 15 is 0 Å². The second-order valence-corrected chi connectivity index (χ2v) is 13.7. The molecule has 0 aliphatic rings. The zero-order chi connectivity index (χ0) is 25.1. The van der Waals surface area contributed by atoms with E-state index in [0.29, 0.717) is 16.7 Å². The first-order valence-electron chi connectivity index (χ1n) is 10.9. The van der Waals surface area contributed by atoms with Crippen molar-refractivity contribution < 1.29 is 13.5 Å². The highest BCUT2D eigenvalue weighted by Crippen LogP contribution is 2.39. The number of phenols is 1. The lowest BCUT2D eigenvalue weighted by Gasteiger charge is -2.27. The predicted molar refractivity (Wildman–Crippen MR) is 143 cm³/mol. The number of hydrogen-bond acceptors (Lipinski definition) is 5. The number of rotatable bonds is 3. The van der Waals surface area contributed by atoms with Gasteiger partial charge in [-0.25, -0.2) is 8.42 Å². The van der Waals surface area contributed by atoms with Gasteiger partial charge in [0.05, 0.1) is 9.79 Å². The molecule has 1 aromatic heterocycles. The van der Waals surface area contributed by atoms with E-state index in [-0.39, 0.29) is 26.4 Å². The van der Waals surface area contributed by atoms with Crippen molar-refractivity contribution in [2.24, 2.45) is 0 Å². The number of hydrogen-bond donors (Lipinski definition) is 1. The van der Waals surface area contributed by atoms with Crippen LogP contribution in [0.4, 0.5) is 0 Å². The summed E-state index contributed by atoms with van der Waals surface area (Å²) in [5, 5.41) is 20.3.